The Morgan fingerprint density at radius 1 is 1.36 bits per heavy atom. The molecule has 0 aliphatic carbocycles. The molecule has 0 rings (SSSR count). The fourth-order valence-corrected chi connectivity index (χ4v) is 0.848. The molecule has 1 heteroatoms. The van der Waals surface area contributed by atoms with Gasteiger partial charge in [0.1, 0.15) is 0 Å². The van der Waals surface area contributed by atoms with Gasteiger partial charge in [-0.1, -0.05) is 38.8 Å². The summed E-state index contributed by atoms with van der Waals surface area (Å²) in [5.74, 6) is 0. The van der Waals surface area contributed by atoms with Crippen LogP contribution in [0, 0.1) is 0 Å². The van der Waals surface area contributed by atoms with E-state index in [0.717, 1.165) is 6.42 Å². The van der Waals surface area contributed by atoms with Crippen molar-refractivity contribution in [3.05, 3.63) is 23.9 Å². The summed E-state index contributed by atoms with van der Waals surface area (Å²) in [6, 6.07) is 0. The molecule has 0 aliphatic rings. The normalized spacial score (nSPS) is 12.7. The molecule has 0 amide bonds. The molecule has 0 atom stereocenters. The van der Waals surface area contributed by atoms with Crippen LogP contribution in [-0.2, 0) is 0 Å². The van der Waals surface area contributed by atoms with Crippen LogP contribution < -0.4 is 5.73 Å². The maximum Gasteiger partial charge on any atom is -0.00299 e. The average molecular weight is 153 g/mol. The monoisotopic (exact) mass is 153 g/mol. The van der Waals surface area contributed by atoms with Crippen molar-refractivity contribution in [1.82, 2.24) is 0 Å². The topological polar surface area (TPSA) is 26.0 Å². The van der Waals surface area contributed by atoms with Gasteiger partial charge in [0.05, 0.1) is 0 Å². The van der Waals surface area contributed by atoms with Crippen molar-refractivity contribution in [2.24, 2.45) is 5.73 Å². The van der Waals surface area contributed by atoms with Gasteiger partial charge in [0.15, 0.2) is 0 Å². The van der Waals surface area contributed by atoms with Crippen LogP contribution in [0.2, 0.25) is 0 Å². The van der Waals surface area contributed by atoms with Gasteiger partial charge in [-0.3, -0.25) is 0 Å². The van der Waals surface area contributed by atoms with Crippen LogP contribution in [0.5, 0.6) is 0 Å². The summed E-state index contributed by atoms with van der Waals surface area (Å²) >= 11 is 0. The lowest BCUT2D eigenvalue weighted by Crippen LogP contribution is -1.83. The molecule has 0 saturated heterocycles. The predicted octanol–water partition coefficient (Wildman–Crippen LogP) is 2.99. The molecule has 0 saturated carbocycles. The molecule has 64 valence electrons. The number of rotatable bonds is 5. The number of allylic oxidation sites excluding steroid dienone is 3. The summed E-state index contributed by atoms with van der Waals surface area (Å²) < 4.78 is 0. The molecule has 2 N–H and O–H groups in total. The van der Waals surface area contributed by atoms with Crippen LogP contribution >= 0.6 is 0 Å². The Balaban J connectivity index is 3.54. The van der Waals surface area contributed by atoms with E-state index in [1.807, 2.05) is 0 Å². The first-order chi connectivity index (χ1) is 5.35. The van der Waals surface area contributed by atoms with Crippen molar-refractivity contribution in [3.8, 4) is 0 Å². The summed E-state index contributed by atoms with van der Waals surface area (Å²) in [6.45, 7) is 4.32. The molecule has 0 heterocycles. The Bertz CT molecular complexity index is 134. The molecule has 1 nitrogen and oxygen atoms in total. The van der Waals surface area contributed by atoms with Gasteiger partial charge in [0.25, 0.3) is 0 Å². The molecular formula is C10H19N. The Hall–Kier alpha value is -0.720. The van der Waals surface area contributed by atoms with E-state index < -0.39 is 0 Å². The Morgan fingerprint density at radius 2 is 2.09 bits per heavy atom. The van der Waals surface area contributed by atoms with Crippen molar-refractivity contribution in [1.29, 1.82) is 0 Å². The Kier molecular flexibility index (Phi) is 6.90. The zero-order valence-corrected chi connectivity index (χ0v) is 7.64. The maximum absolute atomic E-state index is 5.38. The summed E-state index contributed by atoms with van der Waals surface area (Å²) in [7, 11) is 0. The minimum atomic E-state index is 1.03. The standard InChI is InChI=1S/C10H19N/c1-3-5-6-7-8-10(4-2)9-11/h7-9H,3-6,11H2,1-2H3/b8-7+,10-9-. The van der Waals surface area contributed by atoms with Crippen LogP contribution in [0.3, 0.4) is 0 Å². The second-order valence-electron chi connectivity index (χ2n) is 2.64. The molecular weight excluding hydrogens is 134 g/mol. The lowest BCUT2D eigenvalue weighted by Gasteiger charge is -1.93. The summed E-state index contributed by atoms with van der Waals surface area (Å²) in [5.41, 5.74) is 6.61. The lowest BCUT2D eigenvalue weighted by atomic mass is 10.1. The van der Waals surface area contributed by atoms with Gasteiger partial charge >= 0.3 is 0 Å². The lowest BCUT2D eigenvalue weighted by molar-refractivity contribution is 0.814. The number of nitrogens with two attached hydrogens (primary N) is 1. The Labute approximate surface area is 70.0 Å². The van der Waals surface area contributed by atoms with Crippen molar-refractivity contribution >= 4 is 0 Å². The van der Waals surface area contributed by atoms with Crippen LogP contribution in [0.25, 0.3) is 0 Å². The molecule has 0 fully saturated rings. The molecule has 0 aromatic rings. The maximum atomic E-state index is 5.38. The number of unbranched alkanes of at least 4 members (excludes halogenated alkanes) is 2. The summed E-state index contributed by atoms with van der Waals surface area (Å²) in [4.78, 5) is 0. The summed E-state index contributed by atoms with van der Waals surface area (Å²) in [6.07, 6.45) is 10.7. The van der Waals surface area contributed by atoms with Crippen LogP contribution in [-0.4, -0.2) is 0 Å². The molecule has 0 radical (unpaired) electrons. The first-order valence-corrected chi connectivity index (χ1v) is 4.42. The third kappa shape index (κ3) is 5.71. The van der Waals surface area contributed by atoms with E-state index in [0.29, 0.717) is 0 Å². The van der Waals surface area contributed by atoms with Crippen molar-refractivity contribution in [2.75, 3.05) is 0 Å². The quantitative estimate of drug-likeness (QED) is 0.477. The zero-order chi connectivity index (χ0) is 8.53. The van der Waals surface area contributed by atoms with E-state index >= 15 is 0 Å². The van der Waals surface area contributed by atoms with Crippen molar-refractivity contribution in [2.45, 2.75) is 39.5 Å². The summed E-state index contributed by atoms with van der Waals surface area (Å²) in [5, 5.41) is 0. The first-order valence-electron chi connectivity index (χ1n) is 4.42. The Morgan fingerprint density at radius 3 is 2.55 bits per heavy atom. The highest BCUT2D eigenvalue weighted by Gasteiger charge is 1.84. The molecule has 0 aromatic heterocycles. The highest BCUT2D eigenvalue weighted by molar-refractivity contribution is 5.16. The molecule has 0 spiro atoms. The van der Waals surface area contributed by atoms with E-state index in [2.05, 4.69) is 26.0 Å². The van der Waals surface area contributed by atoms with Crippen LogP contribution in [0.1, 0.15) is 39.5 Å². The molecule has 0 aliphatic heterocycles. The molecule has 0 aromatic carbocycles. The van der Waals surface area contributed by atoms with Gasteiger partial charge < -0.3 is 5.73 Å². The van der Waals surface area contributed by atoms with Crippen LogP contribution in [0.4, 0.5) is 0 Å². The van der Waals surface area contributed by atoms with Gasteiger partial charge in [-0.25, -0.2) is 0 Å². The zero-order valence-electron chi connectivity index (χ0n) is 7.64. The molecule has 0 unspecified atom stereocenters. The largest absolute Gasteiger partial charge is 0.404 e. The number of hydrogen-bond acceptors (Lipinski definition) is 1. The van der Waals surface area contributed by atoms with E-state index in [9.17, 15) is 0 Å². The second-order valence-corrected chi connectivity index (χ2v) is 2.64. The average Bonchev–Trinajstić information content (AvgIpc) is 2.05. The van der Waals surface area contributed by atoms with Gasteiger partial charge in [0.2, 0.25) is 0 Å². The smallest absolute Gasteiger partial charge is 0.00299 e. The number of hydrogen-bond donors (Lipinski definition) is 1. The minimum absolute atomic E-state index is 1.03. The minimum Gasteiger partial charge on any atom is -0.404 e. The van der Waals surface area contributed by atoms with E-state index in [-0.39, 0.29) is 0 Å². The van der Waals surface area contributed by atoms with Crippen molar-refractivity contribution in [3.63, 3.8) is 0 Å². The fourth-order valence-electron chi connectivity index (χ4n) is 0.848. The highest BCUT2D eigenvalue weighted by atomic mass is 14.5. The molecule has 0 bridgehead atoms. The van der Waals surface area contributed by atoms with E-state index in [4.69, 9.17) is 5.73 Å². The fraction of sp³-hybridized carbons (Fsp3) is 0.600. The van der Waals surface area contributed by atoms with Crippen molar-refractivity contribution < 1.29 is 0 Å². The van der Waals surface area contributed by atoms with Gasteiger partial charge in [0, 0.05) is 0 Å². The van der Waals surface area contributed by atoms with E-state index in [1.165, 1.54) is 24.8 Å². The second kappa shape index (κ2) is 7.39. The third-order valence-corrected chi connectivity index (χ3v) is 1.68. The first kappa shape index (κ1) is 10.3. The van der Waals surface area contributed by atoms with Gasteiger partial charge in [-0.15, -0.1) is 0 Å². The van der Waals surface area contributed by atoms with Crippen LogP contribution in [0.15, 0.2) is 23.9 Å². The van der Waals surface area contributed by atoms with Gasteiger partial charge in [-0.05, 0) is 24.6 Å². The van der Waals surface area contributed by atoms with E-state index in [1.54, 1.807) is 6.20 Å². The SMILES string of the molecule is CCCC/C=C/C(=C\N)CC. The molecule has 11 heavy (non-hydrogen) atoms. The predicted molar refractivity (Wildman–Crippen MR) is 51.2 cm³/mol. The third-order valence-electron chi connectivity index (χ3n) is 1.68. The van der Waals surface area contributed by atoms with Gasteiger partial charge in [-0.2, -0.15) is 0 Å². The highest BCUT2D eigenvalue weighted by Crippen LogP contribution is 2.02.